The molecule has 7 heteroatoms. The van der Waals surface area contributed by atoms with Crippen LogP contribution in [0.5, 0.6) is 0 Å². The maximum atomic E-state index is 14.0. The lowest BCUT2D eigenvalue weighted by Crippen LogP contribution is -2.33. The summed E-state index contributed by atoms with van der Waals surface area (Å²) in [5.74, 6) is -4.70. The van der Waals surface area contributed by atoms with Crippen LogP contribution < -0.4 is 0 Å². The number of unbranched alkanes of at least 4 members (excludes halogenated alkanes) is 1. The van der Waals surface area contributed by atoms with E-state index in [0.717, 1.165) is 19.3 Å². The number of carbonyl (C=O) groups is 2. The van der Waals surface area contributed by atoms with E-state index in [1.165, 1.54) is 0 Å². The number of hydrogen-bond donors (Lipinski definition) is 0. The number of fused-ring (bicyclic) bond motifs is 1. The molecule has 2 saturated heterocycles. The number of esters is 1. The van der Waals surface area contributed by atoms with Crippen molar-refractivity contribution in [2.75, 3.05) is 6.61 Å². The summed E-state index contributed by atoms with van der Waals surface area (Å²) >= 11 is 0. The highest BCUT2D eigenvalue weighted by atomic mass is 19.3. The van der Waals surface area contributed by atoms with Gasteiger partial charge in [0.05, 0.1) is 12.5 Å². The van der Waals surface area contributed by atoms with Crippen LogP contribution >= 0.6 is 0 Å². The summed E-state index contributed by atoms with van der Waals surface area (Å²) in [5.41, 5.74) is 0. The number of ketones is 1. The molecule has 0 spiro atoms. The molecule has 154 valence electrons. The summed E-state index contributed by atoms with van der Waals surface area (Å²) in [6, 6.07) is 0. The molecule has 1 aliphatic carbocycles. The second-order valence-corrected chi connectivity index (χ2v) is 8.04. The molecule has 3 rings (SSSR count). The fourth-order valence-electron chi connectivity index (χ4n) is 4.55. The third-order valence-electron chi connectivity index (χ3n) is 6.08. The van der Waals surface area contributed by atoms with Crippen LogP contribution in [0.15, 0.2) is 0 Å². The Balaban J connectivity index is 1.59. The second kappa shape index (κ2) is 8.95. The molecule has 1 saturated carbocycles. The smallest absolute Gasteiger partial charge is 0.306 e. The van der Waals surface area contributed by atoms with E-state index in [1.54, 1.807) is 0 Å². The number of alkyl halides is 2. The van der Waals surface area contributed by atoms with Gasteiger partial charge < -0.3 is 14.2 Å². The molecule has 2 aliphatic heterocycles. The Kier molecular flexibility index (Phi) is 6.84. The molecule has 1 unspecified atom stereocenters. The summed E-state index contributed by atoms with van der Waals surface area (Å²) in [5, 5.41) is 0. The standard InChI is InChI=1S/C20H30F2O5/c1-2-3-9-20(21,22)17(23)8-7-13-14-11-18(24)26-16(14)12-15(13)27-19-6-4-5-10-25-19/h13-16,19H,2-12H2,1H3/t13-,14-,15-,16+,19?/m1/s1. The Morgan fingerprint density at radius 1 is 1.33 bits per heavy atom. The van der Waals surface area contributed by atoms with E-state index in [9.17, 15) is 18.4 Å². The van der Waals surface area contributed by atoms with Crippen LogP contribution in [0, 0.1) is 11.8 Å². The lowest BCUT2D eigenvalue weighted by atomic mass is 9.86. The normalized spacial score (nSPS) is 33.7. The maximum Gasteiger partial charge on any atom is 0.306 e. The van der Waals surface area contributed by atoms with E-state index >= 15 is 0 Å². The predicted octanol–water partition coefficient (Wildman–Crippen LogP) is 4.02. The van der Waals surface area contributed by atoms with E-state index < -0.39 is 18.1 Å². The lowest BCUT2D eigenvalue weighted by molar-refractivity contribution is -0.197. The highest BCUT2D eigenvalue weighted by Gasteiger charge is 2.51. The third kappa shape index (κ3) is 5.05. The number of hydrogen-bond acceptors (Lipinski definition) is 5. The molecule has 3 aliphatic rings. The molecule has 0 N–H and O–H groups in total. The molecule has 0 aromatic rings. The highest BCUT2D eigenvalue weighted by molar-refractivity contribution is 5.85. The first-order valence-electron chi connectivity index (χ1n) is 10.3. The first-order valence-corrected chi connectivity index (χ1v) is 10.3. The van der Waals surface area contributed by atoms with Crippen molar-refractivity contribution in [3.63, 3.8) is 0 Å². The Labute approximate surface area is 159 Å². The van der Waals surface area contributed by atoms with Crippen LogP contribution in [0.1, 0.15) is 71.1 Å². The SMILES string of the molecule is CCCCC(F)(F)C(=O)CC[C@@H]1[C@H]2CC(=O)O[C@H]2C[C@H]1OC1CCCCO1. The van der Waals surface area contributed by atoms with Gasteiger partial charge in [0.2, 0.25) is 5.78 Å². The van der Waals surface area contributed by atoms with Crippen LogP contribution in [0.3, 0.4) is 0 Å². The van der Waals surface area contributed by atoms with Gasteiger partial charge in [0.15, 0.2) is 6.29 Å². The quantitative estimate of drug-likeness (QED) is 0.558. The molecular weight excluding hydrogens is 358 g/mol. The molecule has 5 nitrogen and oxygen atoms in total. The van der Waals surface area contributed by atoms with Crippen molar-refractivity contribution in [1.82, 2.24) is 0 Å². The topological polar surface area (TPSA) is 61.8 Å². The van der Waals surface area contributed by atoms with E-state index in [2.05, 4.69) is 0 Å². The van der Waals surface area contributed by atoms with Crippen molar-refractivity contribution in [3.8, 4) is 0 Å². The van der Waals surface area contributed by atoms with Gasteiger partial charge in [0, 0.05) is 31.8 Å². The molecule has 0 aromatic carbocycles. The van der Waals surface area contributed by atoms with Crippen molar-refractivity contribution < 1.29 is 32.6 Å². The first-order chi connectivity index (χ1) is 12.9. The van der Waals surface area contributed by atoms with E-state index in [1.807, 2.05) is 6.92 Å². The summed E-state index contributed by atoms with van der Waals surface area (Å²) in [7, 11) is 0. The number of halogens is 2. The lowest BCUT2D eigenvalue weighted by Gasteiger charge is -2.30. The summed E-state index contributed by atoms with van der Waals surface area (Å²) in [4.78, 5) is 23.7. The Morgan fingerprint density at radius 2 is 2.15 bits per heavy atom. The maximum absolute atomic E-state index is 14.0. The van der Waals surface area contributed by atoms with Crippen LogP contribution in [0.2, 0.25) is 0 Å². The van der Waals surface area contributed by atoms with Crippen molar-refractivity contribution in [2.45, 2.75) is 95.6 Å². The molecule has 0 amide bonds. The minimum Gasteiger partial charge on any atom is -0.462 e. The van der Waals surface area contributed by atoms with Gasteiger partial charge in [-0.2, -0.15) is 8.78 Å². The zero-order valence-electron chi connectivity index (χ0n) is 16.0. The summed E-state index contributed by atoms with van der Waals surface area (Å²) in [6.07, 6.45) is 3.64. The second-order valence-electron chi connectivity index (χ2n) is 8.04. The first kappa shape index (κ1) is 20.6. The minimum atomic E-state index is -3.27. The van der Waals surface area contributed by atoms with Crippen LogP contribution in [-0.4, -0.2) is 42.8 Å². The molecule has 3 fully saturated rings. The molecular formula is C20H30F2O5. The third-order valence-corrected chi connectivity index (χ3v) is 6.08. The predicted molar refractivity (Wildman–Crippen MR) is 93.3 cm³/mol. The van der Waals surface area contributed by atoms with Gasteiger partial charge in [-0.25, -0.2) is 0 Å². The fourth-order valence-corrected chi connectivity index (χ4v) is 4.55. The molecule has 0 radical (unpaired) electrons. The molecule has 0 aromatic heterocycles. The zero-order valence-corrected chi connectivity index (χ0v) is 16.0. The molecule has 2 heterocycles. The number of rotatable bonds is 9. The Morgan fingerprint density at radius 3 is 2.85 bits per heavy atom. The van der Waals surface area contributed by atoms with Crippen LogP contribution in [-0.2, 0) is 23.8 Å². The van der Waals surface area contributed by atoms with E-state index in [-0.39, 0.29) is 49.1 Å². The van der Waals surface area contributed by atoms with Crippen LogP contribution in [0.4, 0.5) is 8.78 Å². The van der Waals surface area contributed by atoms with Crippen molar-refractivity contribution in [2.24, 2.45) is 11.8 Å². The van der Waals surface area contributed by atoms with Crippen molar-refractivity contribution >= 4 is 11.8 Å². The average molecular weight is 388 g/mol. The zero-order chi connectivity index (χ0) is 19.4. The van der Waals surface area contributed by atoms with Crippen molar-refractivity contribution in [1.29, 1.82) is 0 Å². The van der Waals surface area contributed by atoms with Gasteiger partial charge in [-0.05, 0) is 38.0 Å². The van der Waals surface area contributed by atoms with E-state index in [4.69, 9.17) is 14.2 Å². The van der Waals surface area contributed by atoms with Gasteiger partial charge >= 0.3 is 11.9 Å². The fraction of sp³-hybridized carbons (Fsp3) is 0.900. The van der Waals surface area contributed by atoms with Gasteiger partial charge in [-0.15, -0.1) is 0 Å². The summed E-state index contributed by atoms with van der Waals surface area (Å²) < 4.78 is 45.1. The Bertz CT molecular complexity index is 532. The summed E-state index contributed by atoms with van der Waals surface area (Å²) in [6.45, 7) is 2.48. The van der Waals surface area contributed by atoms with Crippen LogP contribution in [0.25, 0.3) is 0 Å². The van der Waals surface area contributed by atoms with Gasteiger partial charge in [0.25, 0.3) is 0 Å². The van der Waals surface area contributed by atoms with Gasteiger partial charge in [0.1, 0.15) is 6.10 Å². The van der Waals surface area contributed by atoms with Crippen molar-refractivity contribution in [3.05, 3.63) is 0 Å². The molecule has 0 bridgehead atoms. The Hall–Kier alpha value is -1.08. The highest BCUT2D eigenvalue weighted by Crippen LogP contribution is 2.46. The molecule has 5 atom stereocenters. The number of Topliss-reactive ketones (excluding diaryl/α,β-unsaturated/α-hetero) is 1. The number of ether oxygens (including phenoxy) is 3. The largest absolute Gasteiger partial charge is 0.462 e. The minimum absolute atomic E-state index is 0.0526. The number of carbonyl (C=O) groups excluding carboxylic acids is 2. The van der Waals surface area contributed by atoms with E-state index in [0.29, 0.717) is 32.3 Å². The molecule has 27 heavy (non-hydrogen) atoms. The average Bonchev–Trinajstić information content (AvgIpc) is 3.14. The monoisotopic (exact) mass is 388 g/mol. The van der Waals surface area contributed by atoms with Gasteiger partial charge in [-0.1, -0.05) is 13.3 Å². The van der Waals surface area contributed by atoms with Gasteiger partial charge in [-0.3, -0.25) is 9.59 Å².